The normalized spacial score (nSPS) is 21.0. The number of piperazine rings is 1. The molecule has 3 aromatic carbocycles. The van der Waals surface area contributed by atoms with Crippen molar-refractivity contribution in [3.8, 4) is 0 Å². The molecule has 2 aliphatic rings. The van der Waals surface area contributed by atoms with Gasteiger partial charge in [0.2, 0.25) is 5.91 Å². The van der Waals surface area contributed by atoms with E-state index in [1.165, 1.54) is 5.56 Å². The van der Waals surface area contributed by atoms with Gasteiger partial charge < -0.3 is 21.4 Å². The fourth-order valence-electron chi connectivity index (χ4n) is 5.19. The number of carbonyl (C=O) groups is 1. The van der Waals surface area contributed by atoms with E-state index >= 15 is 0 Å². The largest absolute Gasteiger partial charge is 0.377 e. The van der Waals surface area contributed by atoms with Crippen molar-refractivity contribution in [2.45, 2.75) is 18.5 Å². The molecule has 2 unspecified atom stereocenters. The zero-order valence-corrected chi connectivity index (χ0v) is 19.5. The molecule has 34 heavy (non-hydrogen) atoms. The number of nitrogens with two attached hydrogens (primary N) is 1. The van der Waals surface area contributed by atoms with E-state index in [-0.39, 0.29) is 12.0 Å². The van der Waals surface area contributed by atoms with Crippen molar-refractivity contribution in [3.63, 3.8) is 0 Å². The van der Waals surface area contributed by atoms with Gasteiger partial charge in [-0.25, -0.2) is 0 Å². The van der Waals surface area contributed by atoms with Gasteiger partial charge in [-0.05, 0) is 35.9 Å². The highest BCUT2D eigenvalue weighted by molar-refractivity contribution is 6.16. The predicted octanol–water partition coefficient (Wildman–Crippen LogP) is 3.85. The van der Waals surface area contributed by atoms with Crippen molar-refractivity contribution in [2.24, 2.45) is 5.73 Å². The summed E-state index contributed by atoms with van der Waals surface area (Å²) in [5, 5.41) is 12.9. The molecular weight excluding hydrogens is 422 g/mol. The standard InChI is InChI=1S/C28H31N5O/c1-32-13-15-33(16-14-32)18-19-7-5-10-21(17-19)24-26(29)25-22(28(30)34)11-6-12-23(25)31-27(24)20-8-3-2-4-9-20/h2-12,17,24,27,29,31H,13-16,18H2,1H3,(H2,30,34). The Labute approximate surface area is 200 Å². The molecule has 3 aromatic rings. The number of anilines is 1. The molecule has 2 atom stereocenters. The van der Waals surface area contributed by atoms with Gasteiger partial charge in [-0.15, -0.1) is 0 Å². The van der Waals surface area contributed by atoms with E-state index in [1.807, 2.05) is 30.3 Å². The van der Waals surface area contributed by atoms with E-state index in [0.717, 1.165) is 49.5 Å². The van der Waals surface area contributed by atoms with Crippen molar-refractivity contribution < 1.29 is 4.79 Å². The molecule has 0 aromatic heterocycles. The van der Waals surface area contributed by atoms with Gasteiger partial charge in [-0.2, -0.15) is 0 Å². The lowest BCUT2D eigenvalue weighted by Crippen LogP contribution is -2.43. The number of hydrogen-bond acceptors (Lipinski definition) is 5. The third kappa shape index (κ3) is 4.34. The second-order valence-electron chi connectivity index (χ2n) is 9.34. The van der Waals surface area contributed by atoms with Crippen LogP contribution in [-0.2, 0) is 6.54 Å². The Kier molecular flexibility index (Phi) is 6.18. The summed E-state index contributed by atoms with van der Waals surface area (Å²) >= 11 is 0. The summed E-state index contributed by atoms with van der Waals surface area (Å²) in [7, 11) is 2.17. The summed E-state index contributed by atoms with van der Waals surface area (Å²) in [6.45, 7) is 5.18. The maximum atomic E-state index is 12.2. The first-order chi connectivity index (χ1) is 16.5. The zero-order chi connectivity index (χ0) is 23.7. The summed E-state index contributed by atoms with van der Waals surface area (Å²) in [5.41, 5.74) is 11.3. The van der Waals surface area contributed by atoms with Crippen molar-refractivity contribution in [1.29, 1.82) is 5.41 Å². The Morgan fingerprint density at radius 1 is 0.971 bits per heavy atom. The van der Waals surface area contributed by atoms with Gasteiger partial charge >= 0.3 is 0 Å². The maximum Gasteiger partial charge on any atom is 0.249 e. The average molecular weight is 454 g/mol. The number of benzene rings is 3. The number of fused-ring (bicyclic) bond motifs is 1. The van der Waals surface area contributed by atoms with Crippen LogP contribution in [0.4, 0.5) is 5.69 Å². The summed E-state index contributed by atoms with van der Waals surface area (Å²) in [6, 6.07) is 24.2. The zero-order valence-electron chi connectivity index (χ0n) is 19.5. The molecule has 0 saturated carbocycles. The second-order valence-corrected chi connectivity index (χ2v) is 9.34. The monoisotopic (exact) mass is 453 g/mol. The van der Waals surface area contributed by atoms with E-state index in [1.54, 1.807) is 6.07 Å². The van der Waals surface area contributed by atoms with Crippen LogP contribution in [0.5, 0.6) is 0 Å². The minimum atomic E-state index is -0.510. The van der Waals surface area contributed by atoms with Gasteiger partial charge in [0.1, 0.15) is 0 Å². The molecule has 5 rings (SSSR count). The first kappa shape index (κ1) is 22.3. The molecular formula is C28H31N5O. The van der Waals surface area contributed by atoms with E-state index in [2.05, 4.69) is 58.6 Å². The number of nitrogens with one attached hydrogen (secondary N) is 2. The summed E-state index contributed by atoms with van der Waals surface area (Å²) in [6.07, 6.45) is 0. The van der Waals surface area contributed by atoms with Crippen LogP contribution >= 0.6 is 0 Å². The Morgan fingerprint density at radius 2 is 1.68 bits per heavy atom. The lowest BCUT2D eigenvalue weighted by atomic mass is 9.76. The maximum absolute atomic E-state index is 12.2. The number of primary amides is 1. The van der Waals surface area contributed by atoms with Crippen molar-refractivity contribution in [3.05, 3.63) is 101 Å². The van der Waals surface area contributed by atoms with Crippen LogP contribution in [0.15, 0.2) is 72.8 Å². The van der Waals surface area contributed by atoms with Crippen LogP contribution < -0.4 is 11.1 Å². The molecule has 4 N–H and O–H groups in total. The van der Waals surface area contributed by atoms with Crippen molar-refractivity contribution >= 4 is 17.3 Å². The molecule has 1 fully saturated rings. The van der Waals surface area contributed by atoms with Gasteiger partial charge in [-0.1, -0.05) is 60.7 Å². The number of nitrogens with zero attached hydrogens (tertiary/aromatic N) is 2. The summed E-state index contributed by atoms with van der Waals surface area (Å²) in [4.78, 5) is 17.0. The van der Waals surface area contributed by atoms with Crippen LogP contribution in [0.3, 0.4) is 0 Å². The highest BCUT2D eigenvalue weighted by Crippen LogP contribution is 2.43. The Bertz CT molecular complexity index is 1200. The summed E-state index contributed by atoms with van der Waals surface area (Å²) in [5.74, 6) is -0.757. The lowest BCUT2D eigenvalue weighted by Gasteiger charge is -2.37. The van der Waals surface area contributed by atoms with Gasteiger partial charge in [-0.3, -0.25) is 9.69 Å². The first-order valence-electron chi connectivity index (χ1n) is 11.8. The van der Waals surface area contributed by atoms with Gasteiger partial charge in [0.25, 0.3) is 0 Å². The van der Waals surface area contributed by atoms with Crippen LogP contribution in [0, 0.1) is 5.41 Å². The lowest BCUT2D eigenvalue weighted by molar-refractivity contribution is 0.1000. The van der Waals surface area contributed by atoms with E-state index in [9.17, 15) is 10.2 Å². The highest BCUT2D eigenvalue weighted by Gasteiger charge is 2.37. The number of rotatable bonds is 5. The smallest absolute Gasteiger partial charge is 0.249 e. The number of hydrogen-bond donors (Lipinski definition) is 3. The molecule has 0 aliphatic carbocycles. The van der Waals surface area contributed by atoms with Gasteiger partial charge in [0, 0.05) is 44.0 Å². The number of amides is 1. The quantitative estimate of drug-likeness (QED) is 0.548. The van der Waals surface area contributed by atoms with Crippen LogP contribution in [-0.4, -0.2) is 54.6 Å². The molecule has 2 heterocycles. The third-order valence-electron chi connectivity index (χ3n) is 7.03. The second kappa shape index (κ2) is 9.41. The molecule has 0 bridgehead atoms. The number of carbonyl (C=O) groups excluding carboxylic acids is 1. The van der Waals surface area contributed by atoms with Crippen molar-refractivity contribution in [2.75, 3.05) is 38.5 Å². The van der Waals surface area contributed by atoms with Gasteiger partial charge in [0.05, 0.1) is 23.2 Å². The molecule has 0 radical (unpaired) electrons. The molecule has 2 aliphatic heterocycles. The molecule has 6 heteroatoms. The van der Waals surface area contributed by atoms with Crippen molar-refractivity contribution in [1.82, 2.24) is 9.80 Å². The van der Waals surface area contributed by atoms with E-state index in [4.69, 9.17) is 5.73 Å². The fourth-order valence-corrected chi connectivity index (χ4v) is 5.19. The molecule has 0 spiro atoms. The number of likely N-dealkylation sites (N-methyl/N-ethyl adjacent to an activating group) is 1. The van der Waals surface area contributed by atoms with Crippen LogP contribution in [0.1, 0.15) is 44.6 Å². The third-order valence-corrected chi connectivity index (χ3v) is 7.03. The van der Waals surface area contributed by atoms with Crippen LogP contribution in [0.2, 0.25) is 0 Å². The molecule has 6 nitrogen and oxygen atoms in total. The highest BCUT2D eigenvalue weighted by atomic mass is 16.1. The predicted molar refractivity (Wildman–Crippen MR) is 137 cm³/mol. The summed E-state index contributed by atoms with van der Waals surface area (Å²) < 4.78 is 0. The molecule has 1 amide bonds. The minimum absolute atomic E-state index is 0.122. The van der Waals surface area contributed by atoms with Gasteiger partial charge in [0.15, 0.2) is 0 Å². The molecule has 1 saturated heterocycles. The SMILES string of the molecule is CN1CCN(Cc2cccc(C3C(=N)c4c(cccc4C(N)=O)NC3c3ccccc3)c2)CC1. The molecule has 174 valence electrons. The van der Waals surface area contributed by atoms with E-state index < -0.39 is 5.91 Å². The van der Waals surface area contributed by atoms with E-state index in [0.29, 0.717) is 16.8 Å². The first-order valence-corrected chi connectivity index (χ1v) is 11.8. The topological polar surface area (TPSA) is 85.5 Å². The Morgan fingerprint density at radius 3 is 2.41 bits per heavy atom. The minimum Gasteiger partial charge on any atom is -0.377 e. The Balaban J connectivity index is 1.54. The Hall–Kier alpha value is -3.48. The van der Waals surface area contributed by atoms with Crippen LogP contribution in [0.25, 0.3) is 0 Å². The average Bonchev–Trinajstić information content (AvgIpc) is 2.85. The fraction of sp³-hybridized carbons (Fsp3) is 0.286.